The van der Waals surface area contributed by atoms with Crippen molar-refractivity contribution in [1.82, 2.24) is 9.80 Å². The lowest BCUT2D eigenvalue weighted by Gasteiger charge is -2.54. The molecular formula is C28H38N4O7. The average Bonchev–Trinajstić information content (AvgIpc) is 2.86. The lowest BCUT2D eigenvalue weighted by atomic mass is 9.52. The van der Waals surface area contributed by atoms with Crippen LogP contribution in [-0.2, 0) is 20.8 Å². The topological polar surface area (TPSA) is 165 Å². The fourth-order valence-corrected chi connectivity index (χ4v) is 7.65. The van der Waals surface area contributed by atoms with Gasteiger partial charge in [0.15, 0.2) is 23.0 Å². The highest BCUT2D eigenvalue weighted by atomic mass is 16.3. The highest BCUT2D eigenvalue weighted by molar-refractivity contribution is 6.25. The van der Waals surface area contributed by atoms with Crippen LogP contribution in [0.1, 0.15) is 35.2 Å². The fourth-order valence-electron chi connectivity index (χ4n) is 7.65. The van der Waals surface area contributed by atoms with Crippen molar-refractivity contribution >= 4 is 28.9 Å². The van der Waals surface area contributed by atoms with Gasteiger partial charge in [0.1, 0.15) is 11.7 Å². The number of ketones is 3. The molecule has 11 nitrogen and oxygen atoms in total. The van der Waals surface area contributed by atoms with E-state index in [-0.39, 0.29) is 23.8 Å². The fraction of sp³-hybridized carbons (Fsp3) is 0.643. The molecule has 212 valence electrons. The summed E-state index contributed by atoms with van der Waals surface area (Å²) in [5, 5.41) is 34.0. The maximum atomic E-state index is 14.0. The number of aliphatic hydroxyl groups excluding tert-OH is 1. The van der Waals surface area contributed by atoms with Crippen molar-refractivity contribution in [2.45, 2.75) is 49.5 Å². The maximum absolute atomic E-state index is 14.0. The highest BCUT2D eigenvalue weighted by Crippen LogP contribution is 2.52. The molecule has 4 unspecified atom stereocenters. The van der Waals surface area contributed by atoms with Crippen LogP contribution in [0.2, 0.25) is 0 Å². The van der Waals surface area contributed by atoms with Gasteiger partial charge in [-0.2, -0.15) is 0 Å². The maximum Gasteiger partial charge on any atom is 0.230 e. The second-order valence-electron chi connectivity index (χ2n) is 12.1. The number of anilines is 1. The van der Waals surface area contributed by atoms with Crippen LogP contribution in [-0.4, -0.2) is 113 Å². The number of hydrogen-bond donors (Lipinski definition) is 4. The summed E-state index contributed by atoms with van der Waals surface area (Å²) in [7, 11) is 7.19. The molecule has 1 aliphatic heterocycles. The molecule has 39 heavy (non-hydrogen) atoms. The molecule has 1 amide bonds. The summed E-state index contributed by atoms with van der Waals surface area (Å²) >= 11 is 0. The number of carbonyl (C=O) groups is 4. The second-order valence-corrected chi connectivity index (χ2v) is 12.1. The molecule has 11 heteroatoms. The Morgan fingerprint density at radius 3 is 2.33 bits per heavy atom. The molecule has 0 spiro atoms. The number of benzene rings is 1. The number of likely N-dealkylation sites (tertiary alicyclic amines) is 1. The zero-order chi connectivity index (χ0) is 28.5. The van der Waals surface area contributed by atoms with Crippen LogP contribution in [0.15, 0.2) is 12.1 Å². The Hall–Kier alpha value is -2.86. The molecule has 1 heterocycles. The summed E-state index contributed by atoms with van der Waals surface area (Å²) in [6.07, 6.45) is 0.689. The molecule has 7 atom stereocenters. The Kier molecular flexibility index (Phi) is 6.85. The molecular weight excluding hydrogens is 504 g/mol. The molecule has 0 bridgehead atoms. The van der Waals surface area contributed by atoms with Crippen molar-refractivity contribution in [2.75, 3.05) is 46.2 Å². The number of Topliss-reactive ketones (excluding diaryl/α,β-unsaturated/α-hetero) is 3. The average molecular weight is 543 g/mol. The number of phenols is 1. The van der Waals surface area contributed by atoms with Gasteiger partial charge in [0.25, 0.3) is 0 Å². The normalized spacial score (nSPS) is 35.4. The number of hydrogen-bond acceptors (Lipinski definition) is 10. The molecule has 4 aliphatic rings. The predicted octanol–water partition coefficient (Wildman–Crippen LogP) is -0.811. The summed E-state index contributed by atoms with van der Waals surface area (Å²) < 4.78 is 0. The molecule has 2 saturated carbocycles. The van der Waals surface area contributed by atoms with E-state index < -0.39 is 64.7 Å². The lowest BCUT2D eigenvalue weighted by Crippen LogP contribution is -2.75. The molecule has 0 radical (unpaired) electrons. The number of likely N-dealkylation sites (N-methyl/N-ethyl adjacent to an activating group) is 1. The summed E-state index contributed by atoms with van der Waals surface area (Å²) in [4.78, 5) is 59.2. The largest absolute Gasteiger partial charge is 0.505 e. The molecule has 5 N–H and O–H groups in total. The zero-order valence-corrected chi connectivity index (χ0v) is 22.8. The quantitative estimate of drug-likeness (QED) is 0.354. The van der Waals surface area contributed by atoms with Crippen LogP contribution in [0.4, 0.5) is 5.69 Å². The Labute approximate surface area is 227 Å². The van der Waals surface area contributed by atoms with E-state index in [1.165, 1.54) is 0 Å². The van der Waals surface area contributed by atoms with Gasteiger partial charge in [0.2, 0.25) is 5.91 Å². The van der Waals surface area contributed by atoms with Crippen molar-refractivity contribution in [1.29, 1.82) is 0 Å². The van der Waals surface area contributed by atoms with Crippen LogP contribution in [0.3, 0.4) is 0 Å². The van der Waals surface area contributed by atoms with E-state index >= 15 is 0 Å². The summed E-state index contributed by atoms with van der Waals surface area (Å²) in [5.74, 6) is -8.83. The van der Waals surface area contributed by atoms with E-state index in [4.69, 9.17) is 5.73 Å². The van der Waals surface area contributed by atoms with E-state index in [2.05, 4.69) is 11.9 Å². The number of amides is 1. The minimum atomic E-state index is -2.65. The first-order chi connectivity index (χ1) is 18.3. The number of nitrogens with zero attached hydrogens (tertiary/aromatic N) is 3. The van der Waals surface area contributed by atoms with Crippen molar-refractivity contribution < 1.29 is 34.5 Å². The second kappa shape index (κ2) is 9.65. The Balaban J connectivity index is 1.53. The Bertz CT molecular complexity index is 1230. The number of aromatic hydroxyl groups is 1. The first kappa shape index (κ1) is 27.7. The molecule has 1 saturated heterocycles. The summed E-state index contributed by atoms with van der Waals surface area (Å²) in [6.45, 7) is 1.83. The van der Waals surface area contributed by atoms with Gasteiger partial charge >= 0.3 is 0 Å². The van der Waals surface area contributed by atoms with Crippen molar-refractivity contribution in [3.63, 3.8) is 0 Å². The summed E-state index contributed by atoms with van der Waals surface area (Å²) in [6, 6.07) is 2.87. The van der Waals surface area contributed by atoms with E-state index in [1.807, 2.05) is 18.0 Å². The summed E-state index contributed by atoms with van der Waals surface area (Å²) in [5.41, 5.74) is 3.92. The first-order valence-electron chi connectivity index (χ1n) is 13.6. The van der Waals surface area contributed by atoms with E-state index in [9.17, 15) is 34.5 Å². The van der Waals surface area contributed by atoms with Crippen molar-refractivity contribution in [3.8, 4) is 5.75 Å². The van der Waals surface area contributed by atoms with Gasteiger partial charge in [-0.25, -0.2) is 0 Å². The van der Waals surface area contributed by atoms with Crippen LogP contribution in [0.25, 0.3) is 0 Å². The van der Waals surface area contributed by atoms with Crippen LogP contribution in [0.5, 0.6) is 5.75 Å². The van der Waals surface area contributed by atoms with E-state index in [0.717, 1.165) is 25.9 Å². The van der Waals surface area contributed by atoms with Gasteiger partial charge < -0.3 is 35.8 Å². The minimum absolute atomic E-state index is 0.0443. The van der Waals surface area contributed by atoms with Crippen LogP contribution in [0, 0.1) is 23.7 Å². The first-order valence-corrected chi connectivity index (χ1v) is 13.6. The van der Waals surface area contributed by atoms with E-state index in [0.29, 0.717) is 17.7 Å². The SMILES string of the molecule is CN1CCC(N(C)c2ccc3c(c2O)C(=O)C2C(=O)[C@@]4(O)C(=O)C(C(N)=O)C(O)C(N(C)C)[C@H]4C[C@H]2C3)CC1. The van der Waals surface area contributed by atoms with Gasteiger partial charge in [0, 0.05) is 25.0 Å². The number of carbonyl (C=O) groups excluding carboxylic acids is 4. The third-order valence-electron chi connectivity index (χ3n) is 9.76. The van der Waals surface area contributed by atoms with Gasteiger partial charge in [-0.1, -0.05) is 6.07 Å². The van der Waals surface area contributed by atoms with Gasteiger partial charge in [-0.05, 0) is 77.5 Å². The van der Waals surface area contributed by atoms with Gasteiger partial charge in [-0.15, -0.1) is 0 Å². The number of rotatable bonds is 4. The number of nitrogens with two attached hydrogens (primary N) is 1. The molecule has 0 aromatic heterocycles. The minimum Gasteiger partial charge on any atom is -0.505 e. The van der Waals surface area contributed by atoms with Gasteiger partial charge in [0.05, 0.1) is 23.3 Å². The monoisotopic (exact) mass is 542 g/mol. The number of phenolic OH excluding ortho intramolecular Hbond substituents is 1. The smallest absolute Gasteiger partial charge is 0.230 e. The zero-order valence-electron chi connectivity index (χ0n) is 22.8. The number of fused-ring (bicyclic) bond motifs is 3. The van der Waals surface area contributed by atoms with Crippen LogP contribution < -0.4 is 10.6 Å². The molecule has 3 aliphatic carbocycles. The lowest BCUT2D eigenvalue weighted by molar-refractivity contribution is -0.190. The van der Waals surface area contributed by atoms with Crippen molar-refractivity contribution in [2.24, 2.45) is 29.4 Å². The standard InChI is InChI=1S/C28H38N4O7/c1-30(2)21-16-12-14-11-13-5-6-17(32(4)15-7-9-31(3)10-8-15)22(33)18(13)23(34)19(14)25(36)28(16,39)26(37)20(24(21)35)27(29)38/h5-6,14-16,19-21,24,33,35,39H,7-12H2,1-4H3,(H2,29,38)/t14-,16-,19?,20?,21?,24?,28-/m1/s1. The van der Waals surface area contributed by atoms with Crippen LogP contribution >= 0.6 is 0 Å². The molecule has 5 rings (SSSR count). The number of piperidine rings is 1. The molecule has 1 aromatic carbocycles. The molecule has 1 aromatic rings. The Morgan fingerprint density at radius 1 is 1.10 bits per heavy atom. The Morgan fingerprint density at radius 2 is 1.74 bits per heavy atom. The van der Waals surface area contributed by atoms with Crippen molar-refractivity contribution in [3.05, 3.63) is 23.3 Å². The molecule has 3 fully saturated rings. The third kappa shape index (κ3) is 4.01. The van der Waals surface area contributed by atoms with E-state index in [1.54, 1.807) is 25.1 Å². The predicted molar refractivity (Wildman–Crippen MR) is 141 cm³/mol. The highest BCUT2D eigenvalue weighted by Gasteiger charge is 2.69. The van der Waals surface area contributed by atoms with Gasteiger partial charge in [-0.3, -0.25) is 19.2 Å². The number of aliphatic hydroxyl groups is 2. The third-order valence-corrected chi connectivity index (χ3v) is 9.76. The number of primary amides is 1.